The number of carbonyl (C=O) groups is 1. The van der Waals surface area contributed by atoms with Crippen LogP contribution in [0.2, 0.25) is 0 Å². The summed E-state index contributed by atoms with van der Waals surface area (Å²) in [6.07, 6.45) is 4.34. The normalized spacial score (nSPS) is 21.1. The van der Waals surface area contributed by atoms with Crippen LogP contribution in [-0.2, 0) is 4.74 Å². The maximum atomic E-state index is 11.7. The molecule has 5 nitrogen and oxygen atoms in total. The monoisotopic (exact) mass is 319 g/mol. The van der Waals surface area contributed by atoms with E-state index in [1.54, 1.807) is 23.0 Å². The van der Waals surface area contributed by atoms with Crippen LogP contribution in [0, 0.1) is 17.2 Å². The summed E-state index contributed by atoms with van der Waals surface area (Å²) >= 11 is 3.45. The molecule has 1 saturated carbocycles. The highest BCUT2D eigenvalue weighted by molar-refractivity contribution is 9.10. The van der Waals surface area contributed by atoms with Crippen LogP contribution in [0.1, 0.15) is 28.3 Å². The lowest BCUT2D eigenvalue weighted by molar-refractivity contribution is 0.0599. The van der Waals surface area contributed by atoms with Gasteiger partial charge in [0, 0.05) is 17.7 Å². The fourth-order valence-corrected chi connectivity index (χ4v) is 2.99. The molecule has 0 N–H and O–H groups in total. The third kappa shape index (κ3) is 1.81. The van der Waals surface area contributed by atoms with Gasteiger partial charge in [0.1, 0.15) is 0 Å². The van der Waals surface area contributed by atoms with Crippen LogP contribution in [0.4, 0.5) is 0 Å². The molecule has 0 aliphatic heterocycles. The molecule has 2 unspecified atom stereocenters. The van der Waals surface area contributed by atoms with Crippen LogP contribution < -0.4 is 0 Å². The van der Waals surface area contributed by atoms with E-state index >= 15 is 0 Å². The average molecular weight is 320 g/mol. The maximum Gasteiger partial charge on any atom is 0.339 e. The molecule has 3 rings (SSSR count). The number of carbonyl (C=O) groups excluding carboxylic acids is 1. The van der Waals surface area contributed by atoms with Crippen molar-refractivity contribution in [2.75, 3.05) is 7.11 Å². The van der Waals surface area contributed by atoms with Gasteiger partial charge >= 0.3 is 5.97 Å². The van der Waals surface area contributed by atoms with E-state index in [0.717, 1.165) is 17.5 Å². The first-order valence-corrected chi connectivity index (χ1v) is 6.60. The molecule has 2 aromatic rings. The van der Waals surface area contributed by atoms with Gasteiger partial charge in [0.15, 0.2) is 0 Å². The van der Waals surface area contributed by atoms with E-state index in [1.165, 1.54) is 7.11 Å². The Kier molecular flexibility index (Phi) is 2.79. The van der Waals surface area contributed by atoms with E-state index in [0.29, 0.717) is 10.0 Å². The van der Waals surface area contributed by atoms with E-state index in [9.17, 15) is 4.79 Å². The number of halogens is 1. The molecule has 2 atom stereocenters. The number of fused-ring (bicyclic) bond motifs is 1. The minimum atomic E-state index is -0.394. The number of pyridine rings is 1. The molecule has 2 heterocycles. The number of aromatic nitrogens is 2. The number of nitriles is 1. The Morgan fingerprint density at radius 1 is 1.68 bits per heavy atom. The van der Waals surface area contributed by atoms with Crippen molar-refractivity contribution >= 4 is 27.4 Å². The summed E-state index contributed by atoms with van der Waals surface area (Å²) in [5.74, 6) is -0.123. The Hall–Kier alpha value is -1.87. The van der Waals surface area contributed by atoms with E-state index in [2.05, 4.69) is 27.1 Å². The lowest BCUT2D eigenvalue weighted by atomic mass is 10.1. The van der Waals surface area contributed by atoms with Crippen molar-refractivity contribution in [1.29, 1.82) is 5.26 Å². The summed E-state index contributed by atoms with van der Waals surface area (Å²) in [6, 6.07) is 3.93. The molecule has 6 heteroatoms. The first-order valence-electron chi connectivity index (χ1n) is 5.81. The van der Waals surface area contributed by atoms with Gasteiger partial charge in [-0.2, -0.15) is 10.4 Å². The Bertz CT molecular complexity index is 716. The minimum Gasteiger partial charge on any atom is -0.465 e. The molecule has 96 valence electrons. The Morgan fingerprint density at radius 3 is 3.11 bits per heavy atom. The molecular formula is C13H10BrN3O2. The standard InChI is InChI=1S/C13H10BrN3O2/c1-19-13(18)8-2-3-17-12(11(8)14)10(6-16-17)9-4-7(9)5-15/h2-3,6-7,9H,4H2,1H3. The number of esters is 1. The van der Waals surface area contributed by atoms with Crippen molar-refractivity contribution in [3.8, 4) is 6.07 Å². The second kappa shape index (κ2) is 4.35. The highest BCUT2D eigenvalue weighted by Crippen LogP contribution is 2.49. The Morgan fingerprint density at radius 2 is 2.47 bits per heavy atom. The molecule has 0 bridgehead atoms. The average Bonchev–Trinajstić information content (AvgIpc) is 3.09. The molecule has 1 fully saturated rings. The summed E-state index contributed by atoms with van der Waals surface area (Å²) in [5.41, 5.74) is 2.31. The molecule has 1 aliphatic rings. The zero-order chi connectivity index (χ0) is 13.6. The van der Waals surface area contributed by atoms with E-state index in [1.807, 2.05) is 0 Å². The van der Waals surface area contributed by atoms with Crippen molar-refractivity contribution in [1.82, 2.24) is 9.61 Å². The van der Waals surface area contributed by atoms with Gasteiger partial charge in [0.25, 0.3) is 0 Å². The number of nitrogens with zero attached hydrogens (tertiary/aromatic N) is 3. The summed E-state index contributed by atoms with van der Waals surface area (Å²) in [4.78, 5) is 11.7. The largest absolute Gasteiger partial charge is 0.465 e. The van der Waals surface area contributed by atoms with Crippen molar-refractivity contribution in [2.24, 2.45) is 5.92 Å². The van der Waals surface area contributed by atoms with Gasteiger partial charge in [-0.1, -0.05) is 0 Å². The molecule has 0 amide bonds. The van der Waals surface area contributed by atoms with Crippen molar-refractivity contribution in [3.63, 3.8) is 0 Å². The number of hydrogen-bond acceptors (Lipinski definition) is 4. The number of rotatable bonds is 2. The van der Waals surface area contributed by atoms with Gasteiger partial charge in [0.05, 0.1) is 40.8 Å². The van der Waals surface area contributed by atoms with Gasteiger partial charge in [-0.25, -0.2) is 9.31 Å². The lowest BCUT2D eigenvalue weighted by Gasteiger charge is -2.05. The van der Waals surface area contributed by atoms with E-state index in [-0.39, 0.29) is 11.8 Å². The smallest absolute Gasteiger partial charge is 0.339 e. The molecule has 1 aliphatic carbocycles. The predicted molar refractivity (Wildman–Crippen MR) is 70.7 cm³/mol. The first kappa shape index (κ1) is 12.2. The molecule has 0 spiro atoms. The minimum absolute atomic E-state index is 0.0571. The quantitative estimate of drug-likeness (QED) is 0.798. The first-order chi connectivity index (χ1) is 9.17. The molecule has 0 aromatic carbocycles. The second-order valence-electron chi connectivity index (χ2n) is 4.51. The fourth-order valence-electron chi connectivity index (χ4n) is 2.28. The number of ether oxygens (including phenoxy) is 1. The molecule has 0 saturated heterocycles. The van der Waals surface area contributed by atoms with Crippen molar-refractivity contribution in [3.05, 3.63) is 34.1 Å². The third-order valence-corrected chi connectivity index (χ3v) is 4.21. The summed E-state index contributed by atoms with van der Waals surface area (Å²) < 4.78 is 7.12. The van der Waals surface area contributed by atoms with Crippen LogP contribution >= 0.6 is 15.9 Å². The zero-order valence-electron chi connectivity index (χ0n) is 10.1. The highest BCUT2D eigenvalue weighted by Gasteiger charge is 2.41. The van der Waals surface area contributed by atoms with Gasteiger partial charge in [-0.15, -0.1) is 0 Å². The SMILES string of the molecule is COC(=O)c1ccn2ncc(C3CC3C#N)c2c1Br. The molecule has 0 radical (unpaired) electrons. The highest BCUT2D eigenvalue weighted by atomic mass is 79.9. The van der Waals surface area contributed by atoms with Crippen molar-refractivity contribution < 1.29 is 9.53 Å². The molecular weight excluding hydrogens is 310 g/mol. The predicted octanol–water partition coefficient (Wildman–Crippen LogP) is 2.51. The summed E-state index contributed by atoms with van der Waals surface area (Å²) in [6.45, 7) is 0. The maximum absolute atomic E-state index is 11.7. The number of methoxy groups -OCH3 is 1. The Labute approximate surface area is 117 Å². The summed E-state index contributed by atoms with van der Waals surface area (Å²) in [7, 11) is 1.35. The lowest BCUT2D eigenvalue weighted by Crippen LogP contribution is -2.04. The topological polar surface area (TPSA) is 67.4 Å². The third-order valence-electron chi connectivity index (χ3n) is 3.41. The fraction of sp³-hybridized carbons (Fsp3) is 0.308. The molecule has 19 heavy (non-hydrogen) atoms. The zero-order valence-corrected chi connectivity index (χ0v) is 11.7. The van der Waals surface area contributed by atoms with E-state index in [4.69, 9.17) is 10.00 Å². The van der Waals surface area contributed by atoms with Crippen LogP contribution in [0.3, 0.4) is 0 Å². The van der Waals surface area contributed by atoms with Crippen LogP contribution in [0.25, 0.3) is 5.52 Å². The van der Waals surface area contributed by atoms with Crippen LogP contribution in [0.5, 0.6) is 0 Å². The number of hydrogen-bond donors (Lipinski definition) is 0. The van der Waals surface area contributed by atoms with Crippen LogP contribution in [0.15, 0.2) is 22.9 Å². The van der Waals surface area contributed by atoms with Crippen LogP contribution in [-0.4, -0.2) is 22.7 Å². The van der Waals surface area contributed by atoms with Gasteiger partial charge in [-0.05, 0) is 28.4 Å². The van der Waals surface area contributed by atoms with Gasteiger partial charge in [-0.3, -0.25) is 0 Å². The van der Waals surface area contributed by atoms with E-state index < -0.39 is 5.97 Å². The van der Waals surface area contributed by atoms with Gasteiger partial charge in [0.2, 0.25) is 0 Å². The molecule has 2 aromatic heterocycles. The second-order valence-corrected chi connectivity index (χ2v) is 5.30. The van der Waals surface area contributed by atoms with Crippen molar-refractivity contribution in [2.45, 2.75) is 12.3 Å². The Balaban J connectivity index is 2.16. The van der Waals surface area contributed by atoms with Gasteiger partial charge < -0.3 is 4.74 Å². The summed E-state index contributed by atoms with van der Waals surface area (Å²) in [5, 5.41) is 13.2.